The summed E-state index contributed by atoms with van der Waals surface area (Å²) in [5, 5.41) is 0. The predicted octanol–water partition coefficient (Wildman–Crippen LogP) is 0.278. The zero-order valence-corrected chi connectivity index (χ0v) is 6.17. The minimum atomic E-state index is 0. The Morgan fingerprint density at radius 3 is 1.12 bits per heavy atom. The molecule has 2 nitrogen and oxygen atoms in total. The molecule has 0 aromatic heterocycles. The van der Waals surface area contributed by atoms with Crippen molar-refractivity contribution in [2.75, 3.05) is 0 Å². The van der Waals surface area contributed by atoms with Crippen LogP contribution in [0.15, 0.2) is 0 Å². The van der Waals surface area contributed by atoms with Gasteiger partial charge < -0.3 is 11.5 Å². The summed E-state index contributed by atoms with van der Waals surface area (Å²) < 4.78 is 0. The summed E-state index contributed by atoms with van der Waals surface area (Å²) >= 11 is 0. The lowest BCUT2D eigenvalue weighted by Crippen LogP contribution is -2.49. The second-order valence-electron chi connectivity index (χ2n) is 1.91. The molecule has 0 unspecified atom stereocenters. The highest BCUT2D eigenvalue weighted by molar-refractivity contribution is 5.85. The molecule has 0 aliphatic heterocycles. The van der Waals surface area contributed by atoms with Crippen molar-refractivity contribution in [3.05, 3.63) is 0 Å². The van der Waals surface area contributed by atoms with Crippen LogP contribution in [0.5, 0.6) is 0 Å². The van der Waals surface area contributed by atoms with Crippen LogP contribution in [0.25, 0.3) is 0 Å². The number of halogens is 2. The van der Waals surface area contributed by atoms with Crippen molar-refractivity contribution in [2.45, 2.75) is 24.9 Å². The molecule has 0 amide bonds. The van der Waals surface area contributed by atoms with Crippen LogP contribution >= 0.6 is 24.8 Å². The van der Waals surface area contributed by atoms with Crippen molar-refractivity contribution in [1.29, 1.82) is 0 Å². The first-order valence-electron chi connectivity index (χ1n) is 2.32. The maximum atomic E-state index is 5.40. The van der Waals surface area contributed by atoms with Crippen LogP contribution in [0, 0.1) is 0 Å². The Bertz CT molecular complexity index is 52.0. The average Bonchev–Trinajstić information content (AvgIpc) is 1.61. The molecular weight excluding hydrogens is 147 g/mol. The zero-order chi connectivity index (χ0) is 4.57. The largest absolute Gasteiger partial charge is 0.326 e. The summed E-state index contributed by atoms with van der Waals surface area (Å²) in [4.78, 5) is 0. The molecular formula is C4H12Cl2N2. The molecule has 0 spiro atoms. The Kier molecular flexibility index (Phi) is 6.20. The first-order chi connectivity index (χ1) is 2.80. The summed E-state index contributed by atoms with van der Waals surface area (Å²) in [6.07, 6.45) is 2.25. The minimum absolute atomic E-state index is 0. The predicted molar refractivity (Wildman–Crippen MR) is 39.7 cm³/mol. The molecule has 2 atom stereocenters. The molecule has 0 radical (unpaired) electrons. The highest BCUT2D eigenvalue weighted by Crippen LogP contribution is 2.13. The normalized spacial score (nSPS) is 33.8. The van der Waals surface area contributed by atoms with Crippen molar-refractivity contribution in [2.24, 2.45) is 11.5 Å². The maximum absolute atomic E-state index is 5.40. The van der Waals surface area contributed by atoms with Crippen LogP contribution in [0.1, 0.15) is 12.8 Å². The van der Waals surface area contributed by atoms with E-state index in [0.29, 0.717) is 12.1 Å². The van der Waals surface area contributed by atoms with Crippen molar-refractivity contribution in [3.63, 3.8) is 0 Å². The lowest BCUT2D eigenvalue weighted by Gasteiger charge is -2.29. The van der Waals surface area contributed by atoms with Gasteiger partial charge in [0.2, 0.25) is 0 Å². The van der Waals surface area contributed by atoms with Gasteiger partial charge in [-0.15, -0.1) is 24.8 Å². The maximum Gasteiger partial charge on any atom is 0.0192 e. The summed E-state index contributed by atoms with van der Waals surface area (Å²) in [7, 11) is 0. The van der Waals surface area contributed by atoms with Gasteiger partial charge in [0.15, 0.2) is 0 Å². The first-order valence-corrected chi connectivity index (χ1v) is 2.32. The van der Waals surface area contributed by atoms with Crippen molar-refractivity contribution >= 4 is 24.8 Å². The summed E-state index contributed by atoms with van der Waals surface area (Å²) in [6, 6.07) is 0.620. The van der Waals surface area contributed by atoms with Gasteiger partial charge in [0.05, 0.1) is 0 Å². The van der Waals surface area contributed by atoms with Crippen molar-refractivity contribution in [3.8, 4) is 0 Å². The molecule has 0 aromatic carbocycles. The van der Waals surface area contributed by atoms with Gasteiger partial charge in [-0.1, -0.05) is 0 Å². The molecule has 0 bridgehead atoms. The van der Waals surface area contributed by atoms with Crippen LogP contribution in [0.2, 0.25) is 0 Å². The molecule has 0 heterocycles. The van der Waals surface area contributed by atoms with Crippen LogP contribution < -0.4 is 11.5 Å². The molecule has 4 N–H and O–H groups in total. The topological polar surface area (TPSA) is 52.0 Å². The minimum Gasteiger partial charge on any atom is -0.326 e. The molecule has 52 valence electrons. The van der Waals surface area contributed by atoms with E-state index in [9.17, 15) is 0 Å². The Morgan fingerprint density at radius 1 is 0.875 bits per heavy atom. The van der Waals surface area contributed by atoms with E-state index in [1.165, 1.54) is 0 Å². The number of nitrogens with two attached hydrogens (primary N) is 2. The number of rotatable bonds is 0. The molecule has 0 saturated heterocycles. The fourth-order valence-electron chi connectivity index (χ4n) is 0.552. The molecule has 1 aliphatic carbocycles. The Hall–Kier alpha value is 0.500. The van der Waals surface area contributed by atoms with Gasteiger partial charge in [0.1, 0.15) is 0 Å². The van der Waals surface area contributed by atoms with E-state index in [0.717, 1.165) is 12.8 Å². The highest BCUT2D eigenvalue weighted by atomic mass is 35.5. The van der Waals surface area contributed by atoms with E-state index >= 15 is 0 Å². The van der Waals surface area contributed by atoms with Crippen LogP contribution in [-0.4, -0.2) is 12.1 Å². The van der Waals surface area contributed by atoms with Gasteiger partial charge in [0.25, 0.3) is 0 Å². The van der Waals surface area contributed by atoms with Gasteiger partial charge in [-0.2, -0.15) is 0 Å². The zero-order valence-electron chi connectivity index (χ0n) is 4.54. The standard InChI is InChI=1S/C4H10N2.2ClH/c5-3-1-2-4(3)6;;/h3-4H,1-2,5-6H2;2*1H/t3-,4-;;/m0../s1. The fourth-order valence-corrected chi connectivity index (χ4v) is 0.552. The third kappa shape index (κ3) is 2.18. The van der Waals surface area contributed by atoms with Gasteiger partial charge >= 0.3 is 0 Å². The van der Waals surface area contributed by atoms with Gasteiger partial charge in [0, 0.05) is 12.1 Å². The highest BCUT2D eigenvalue weighted by Gasteiger charge is 2.22. The Labute approximate surface area is 61.8 Å². The second-order valence-corrected chi connectivity index (χ2v) is 1.91. The Balaban J connectivity index is 0. The second kappa shape index (κ2) is 4.39. The SMILES string of the molecule is Cl.Cl.N[C@H]1CC[C@@H]1N. The summed E-state index contributed by atoms with van der Waals surface area (Å²) in [5.74, 6) is 0. The quantitative estimate of drug-likeness (QED) is 0.533. The van der Waals surface area contributed by atoms with Gasteiger partial charge in [-0.3, -0.25) is 0 Å². The lowest BCUT2D eigenvalue weighted by molar-refractivity contribution is 0.347. The molecule has 8 heavy (non-hydrogen) atoms. The lowest BCUT2D eigenvalue weighted by atomic mass is 9.88. The smallest absolute Gasteiger partial charge is 0.0192 e. The van der Waals surface area contributed by atoms with E-state index in [2.05, 4.69) is 0 Å². The third-order valence-electron chi connectivity index (χ3n) is 1.38. The first kappa shape index (κ1) is 11.3. The van der Waals surface area contributed by atoms with E-state index in [-0.39, 0.29) is 24.8 Å². The third-order valence-corrected chi connectivity index (χ3v) is 1.38. The van der Waals surface area contributed by atoms with Gasteiger partial charge in [-0.25, -0.2) is 0 Å². The van der Waals surface area contributed by atoms with Gasteiger partial charge in [-0.05, 0) is 12.8 Å². The Morgan fingerprint density at radius 2 is 1.12 bits per heavy atom. The molecule has 4 heteroatoms. The van der Waals surface area contributed by atoms with E-state index in [1.807, 2.05) is 0 Å². The summed E-state index contributed by atoms with van der Waals surface area (Å²) in [5.41, 5.74) is 10.8. The number of hydrogen-bond acceptors (Lipinski definition) is 2. The fraction of sp³-hybridized carbons (Fsp3) is 1.00. The van der Waals surface area contributed by atoms with Crippen LogP contribution in [0.4, 0.5) is 0 Å². The van der Waals surface area contributed by atoms with E-state index in [1.54, 1.807) is 0 Å². The van der Waals surface area contributed by atoms with Crippen molar-refractivity contribution in [1.82, 2.24) is 0 Å². The monoisotopic (exact) mass is 158 g/mol. The van der Waals surface area contributed by atoms with Crippen LogP contribution in [-0.2, 0) is 0 Å². The van der Waals surface area contributed by atoms with Crippen LogP contribution in [0.3, 0.4) is 0 Å². The molecule has 1 rings (SSSR count). The molecule has 0 aromatic rings. The summed E-state index contributed by atoms with van der Waals surface area (Å²) in [6.45, 7) is 0. The van der Waals surface area contributed by atoms with E-state index in [4.69, 9.17) is 11.5 Å². The van der Waals surface area contributed by atoms with E-state index < -0.39 is 0 Å². The average molecular weight is 159 g/mol. The molecule has 1 fully saturated rings. The van der Waals surface area contributed by atoms with Crippen molar-refractivity contribution < 1.29 is 0 Å². The molecule has 1 aliphatic rings. The molecule has 1 saturated carbocycles. The number of hydrogen-bond donors (Lipinski definition) is 2.